The molecule has 146 valence electrons. The summed E-state index contributed by atoms with van der Waals surface area (Å²) >= 11 is 3.35. The van der Waals surface area contributed by atoms with E-state index in [1.807, 2.05) is 19.1 Å². The van der Waals surface area contributed by atoms with E-state index < -0.39 is 0 Å². The lowest BCUT2D eigenvalue weighted by Crippen LogP contribution is -2.23. The van der Waals surface area contributed by atoms with Crippen molar-refractivity contribution in [3.05, 3.63) is 70.5 Å². The zero-order valence-corrected chi connectivity index (χ0v) is 16.9. The Morgan fingerprint density at radius 3 is 2.79 bits per heavy atom. The number of aryl methyl sites for hydroxylation is 1. The number of anilines is 2. The number of carbonyl (C=O) groups excluding carboxylic acids is 1. The molecule has 4 aromatic rings. The van der Waals surface area contributed by atoms with E-state index in [4.69, 9.17) is 0 Å². The molecule has 0 unspecified atom stereocenters. The van der Waals surface area contributed by atoms with Gasteiger partial charge in [0.05, 0.1) is 11.8 Å². The summed E-state index contributed by atoms with van der Waals surface area (Å²) in [4.78, 5) is 25.0. The third kappa shape index (κ3) is 4.02. The molecule has 4 rings (SSSR count). The van der Waals surface area contributed by atoms with Crippen LogP contribution in [0.15, 0.2) is 53.7 Å². The molecular formula is C19H16BrN7O2. The maximum Gasteiger partial charge on any atom is 0.255 e. The van der Waals surface area contributed by atoms with Crippen LogP contribution in [-0.4, -0.2) is 35.6 Å². The number of aromatic hydroxyl groups is 1. The van der Waals surface area contributed by atoms with E-state index >= 15 is 0 Å². The van der Waals surface area contributed by atoms with E-state index in [1.54, 1.807) is 29.0 Å². The maximum atomic E-state index is 12.4. The Morgan fingerprint density at radius 2 is 2.03 bits per heavy atom. The summed E-state index contributed by atoms with van der Waals surface area (Å²) in [5.41, 5.74) is 3.03. The molecule has 0 fully saturated rings. The molecule has 0 bridgehead atoms. The quantitative estimate of drug-likeness (QED) is 0.425. The first-order chi connectivity index (χ1) is 14.0. The number of amides is 1. The van der Waals surface area contributed by atoms with E-state index in [0.717, 1.165) is 11.3 Å². The Labute approximate surface area is 174 Å². The molecule has 0 aliphatic carbocycles. The van der Waals surface area contributed by atoms with Crippen molar-refractivity contribution in [3.63, 3.8) is 0 Å². The Balaban J connectivity index is 1.48. The Kier molecular flexibility index (Phi) is 5.09. The van der Waals surface area contributed by atoms with Crippen molar-refractivity contribution in [2.45, 2.75) is 13.5 Å². The number of pyridine rings is 1. The van der Waals surface area contributed by atoms with Crippen molar-refractivity contribution in [1.82, 2.24) is 29.9 Å². The minimum Gasteiger partial charge on any atom is -0.507 e. The third-order valence-corrected chi connectivity index (χ3v) is 4.73. The average Bonchev–Trinajstić information content (AvgIpc) is 3.21. The van der Waals surface area contributed by atoms with E-state index in [0.29, 0.717) is 28.3 Å². The highest BCUT2D eigenvalue weighted by atomic mass is 79.9. The lowest BCUT2D eigenvalue weighted by molar-refractivity contribution is 0.0948. The smallest absolute Gasteiger partial charge is 0.255 e. The lowest BCUT2D eigenvalue weighted by atomic mass is 10.1. The van der Waals surface area contributed by atoms with Gasteiger partial charge in [-0.05, 0) is 46.6 Å². The van der Waals surface area contributed by atoms with Crippen LogP contribution >= 0.6 is 15.9 Å². The fraction of sp³-hybridized carbons (Fsp3) is 0.105. The van der Waals surface area contributed by atoms with Gasteiger partial charge in [-0.1, -0.05) is 6.07 Å². The third-order valence-electron chi connectivity index (χ3n) is 4.19. The van der Waals surface area contributed by atoms with Gasteiger partial charge in [-0.15, -0.1) is 0 Å². The molecule has 3 heterocycles. The highest BCUT2D eigenvalue weighted by Crippen LogP contribution is 2.26. The van der Waals surface area contributed by atoms with Gasteiger partial charge >= 0.3 is 0 Å². The molecule has 0 aliphatic rings. The van der Waals surface area contributed by atoms with Gasteiger partial charge in [0, 0.05) is 30.2 Å². The SMILES string of the molecule is Cc1ccc(CNC(=O)c2ccc(Nc3ncc(Br)n4ncnc34)cc2O)cn1. The number of nitrogens with one attached hydrogen (secondary N) is 2. The van der Waals surface area contributed by atoms with Crippen LogP contribution in [0.4, 0.5) is 11.5 Å². The van der Waals surface area contributed by atoms with Gasteiger partial charge in [0.25, 0.3) is 5.91 Å². The van der Waals surface area contributed by atoms with Crippen molar-refractivity contribution in [2.75, 3.05) is 5.32 Å². The normalized spacial score (nSPS) is 10.8. The number of nitrogens with zero attached hydrogens (tertiary/aromatic N) is 5. The number of fused-ring (bicyclic) bond motifs is 1. The highest BCUT2D eigenvalue weighted by Gasteiger charge is 2.13. The van der Waals surface area contributed by atoms with Crippen molar-refractivity contribution >= 4 is 39.0 Å². The summed E-state index contributed by atoms with van der Waals surface area (Å²) < 4.78 is 2.24. The maximum absolute atomic E-state index is 12.4. The summed E-state index contributed by atoms with van der Waals surface area (Å²) in [7, 11) is 0. The fourth-order valence-electron chi connectivity index (χ4n) is 2.70. The second-order valence-corrected chi connectivity index (χ2v) is 7.08. The number of hydrogen-bond acceptors (Lipinski definition) is 7. The Hall–Kier alpha value is -3.53. The van der Waals surface area contributed by atoms with Gasteiger partial charge in [0.15, 0.2) is 11.5 Å². The monoisotopic (exact) mass is 453 g/mol. The van der Waals surface area contributed by atoms with Gasteiger partial charge in [0.2, 0.25) is 0 Å². The van der Waals surface area contributed by atoms with Crippen LogP contribution in [0.25, 0.3) is 5.65 Å². The van der Waals surface area contributed by atoms with E-state index in [2.05, 4.69) is 46.6 Å². The number of benzene rings is 1. The van der Waals surface area contributed by atoms with Crippen LogP contribution in [0.1, 0.15) is 21.6 Å². The van der Waals surface area contributed by atoms with Gasteiger partial charge < -0.3 is 15.7 Å². The Morgan fingerprint density at radius 1 is 1.17 bits per heavy atom. The van der Waals surface area contributed by atoms with Gasteiger partial charge in [-0.3, -0.25) is 9.78 Å². The first kappa shape index (κ1) is 18.8. The van der Waals surface area contributed by atoms with Crippen LogP contribution < -0.4 is 10.6 Å². The second-order valence-electron chi connectivity index (χ2n) is 6.27. The molecule has 0 atom stereocenters. The summed E-state index contributed by atoms with van der Waals surface area (Å²) in [5.74, 6) is -0.0606. The molecule has 0 spiro atoms. The summed E-state index contributed by atoms with van der Waals surface area (Å²) in [6.07, 6.45) is 4.71. The zero-order chi connectivity index (χ0) is 20.4. The number of phenolic OH excluding ortho intramolecular Hbond substituents is 1. The van der Waals surface area contributed by atoms with Crippen molar-refractivity contribution in [1.29, 1.82) is 0 Å². The van der Waals surface area contributed by atoms with E-state index in [1.165, 1.54) is 12.4 Å². The predicted molar refractivity (Wildman–Crippen MR) is 110 cm³/mol. The van der Waals surface area contributed by atoms with Gasteiger partial charge in [-0.2, -0.15) is 5.10 Å². The average molecular weight is 454 g/mol. The molecule has 3 aromatic heterocycles. The molecule has 1 aromatic carbocycles. The van der Waals surface area contributed by atoms with Crippen LogP contribution in [0, 0.1) is 6.92 Å². The van der Waals surface area contributed by atoms with Crippen molar-refractivity contribution < 1.29 is 9.90 Å². The number of carbonyl (C=O) groups is 1. The van der Waals surface area contributed by atoms with Crippen LogP contribution in [0.3, 0.4) is 0 Å². The van der Waals surface area contributed by atoms with Crippen molar-refractivity contribution in [2.24, 2.45) is 0 Å². The first-order valence-electron chi connectivity index (χ1n) is 8.65. The number of halogens is 1. The van der Waals surface area contributed by atoms with Crippen LogP contribution in [-0.2, 0) is 6.54 Å². The molecule has 3 N–H and O–H groups in total. The second kappa shape index (κ2) is 7.84. The van der Waals surface area contributed by atoms with Gasteiger partial charge in [0.1, 0.15) is 16.7 Å². The van der Waals surface area contributed by atoms with E-state index in [9.17, 15) is 9.90 Å². The largest absolute Gasteiger partial charge is 0.507 e. The summed E-state index contributed by atoms with van der Waals surface area (Å²) in [6, 6.07) is 8.45. The minimum atomic E-state index is -0.378. The predicted octanol–water partition coefficient (Wildman–Crippen LogP) is 2.97. The number of aromatic nitrogens is 5. The van der Waals surface area contributed by atoms with E-state index in [-0.39, 0.29) is 17.2 Å². The molecule has 29 heavy (non-hydrogen) atoms. The first-order valence-corrected chi connectivity index (χ1v) is 9.44. The number of hydrogen-bond donors (Lipinski definition) is 3. The minimum absolute atomic E-state index is 0.149. The number of rotatable bonds is 5. The highest BCUT2D eigenvalue weighted by molar-refractivity contribution is 9.10. The summed E-state index contributed by atoms with van der Waals surface area (Å²) in [5, 5.41) is 20.3. The molecule has 0 saturated heterocycles. The molecular weight excluding hydrogens is 438 g/mol. The Bertz CT molecular complexity index is 1190. The molecule has 0 aliphatic heterocycles. The lowest BCUT2D eigenvalue weighted by Gasteiger charge is -2.10. The van der Waals surface area contributed by atoms with Gasteiger partial charge in [-0.25, -0.2) is 14.5 Å². The fourth-order valence-corrected chi connectivity index (χ4v) is 3.06. The molecule has 9 nitrogen and oxygen atoms in total. The molecule has 10 heteroatoms. The topological polar surface area (TPSA) is 117 Å². The molecule has 1 amide bonds. The molecule has 0 radical (unpaired) electrons. The van der Waals surface area contributed by atoms with Crippen LogP contribution in [0.5, 0.6) is 5.75 Å². The zero-order valence-electron chi connectivity index (χ0n) is 15.3. The summed E-state index contributed by atoms with van der Waals surface area (Å²) in [6.45, 7) is 2.22. The van der Waals surface area contributed by atoms with Crippen LogP contribution in [0.2, 0.25) is 0 Å². The standard InChI is InChI=1S/C19H16BrN7O2/c1-11-2-3-12(7-21-11)8-23-19(29)14-5-4-13(6-15(14)28)26-17-18-24-10-25-27(18)16(20)9-22-17/h2-7,9-10,28H,8H2,1H3,(H,22,26)(H,23,29). The van der Waals surface area contributed by atoms with Crippen molar-refractivity contribution in [3.8, 4) is 5.75 Å². The number of phenols is 1. The molecule has 0 saturated carbocycles.